The summed E-state index contributed by atoms with van der Waals surface area (Å²) in [7, 11) is 1.51. The van der Waals surface area contributed by atoms with E-state index in [0.29, 0.717) is 5.88 Å². The van der Waals surface area contributed by atoms with E-state index in [2.05, 4.69) is 10.3 Å². The van der Waals surface area contributed by atoms with Crippen LogP contribution in [0.25, 0.3) is 0 Å². The predicted molar refractivity (Wildman–Crippen MR) is 72.1 cm³/mol. The first-order valence-corrected chi connectivity index (χ1v) is 6.25. The molecule has 110 valence electrons. The zero-order valence-corrected chi connectivity index (χ0v) is 11.6. The van der Waals surface area contributed by atoms with Crippen LogP contribution >= 0.6 is 0 Å². The molecular formula is C13H19N3O4. The molecule has 0 aliphatic rings. The number of ether oxygens (including phenoxy) is 2. The molecular weight excluding hydrogens is 262 g/mol. The van der Waals surface area contributed by atoms with Crippen molar-refractivity contribution in [3.8, 4) is 5.88 Å². The number of rotatable bonds is 7. The summed E-state index contributed by atoms with van der Waals surface area (Å²) in [5, 5.41) is 2.54. The van der Waals surface area contributed by atoms with Gasteiger partial charge in [-0.3, -0.25) is 4.79 Å². The third-order valence-electron chi connectivity index (χ3n) is 2.54. The largest absolute Gasteiger partial charge is 0.481 e. The van der Waals surface area contributed by atoms with Crippen molar-refractivity contribution in [3.63, 3.8) is 0 Å². The van der Waals surface area contributed by atoms with Crippen molar-refractivity contribution in [2.24, 2.45) is 5.73 Å². The number of pyridine rings is 1. The van der Waals surface area contributed by atoms with Gasteiger partial charge in [-0.15, -0.1) is 0 Å². The van der Waals surface area contributed by atoms with Crippen molar-refractivity contribution >= 4 is 11.9 Å². The van der Waals surface area contributed by atoms with Gasteiger partial charge in [0, 0.05) is 18.7 Å². The minimum Gasteiger partial charge on any atom is -0.481 e. The first-order valence-electron chi connectivity index (χ1n) is 6.25. The molecule has 3 N–H and O–H groups in total. The van der Waals surface area contributed by atoms with Crippen LogP contribution in [0.1, 0.15) is 12.5 Å². The van der Waals surface area contributed by atoms with Gasteiger partial charge in [0.2, 0.25) is 11.8 Å². The Bertz CT molecular complexity index is 465. The summed E-state index contributed by atoms with van der Waals surface area (Å²) in [5.74, 6) is -0.468. The predicted octanol–water partition coefficient (Wildman–Crippen LogP) is -0.361. The van der Waals surface area contributed by atoms with Gasteiger partial charge in [0.05, 0.1) is 20.3 Å². The molecule has 1 unspecified atom stereocenters. The Balaban J connectivity index is 2.81. The molecule has 1 rings (SSSR count). The van der Waals surface area contributed by atoms with E-state index in [4.69, 9.17) is 15.2 Å². The number of esters is 1. The van der Waals surface area contributed by atoms with Crippen LogP contribution in [0, 0.1) is 0 Å². The molecule has 7 nitrogen and oxygen atoms in total. The van der Waals surface area contributed by atoms with Crippen LogP contribution in [0.3, 0.4) is 0 Å². The van der Waals surface area contributed by atoms with Crippen LogP contribution in [0.5, 0.6) is 5.88 Å². The fraction of sp³-hybridized carbons (Fsp3) is 0.462. The standard InChI is InChI=1S/C13H19N3O4/c1-3-20-13(18)10(16-11(17)8-14)6-9-4-5-15-12(7-9)19-2/h4-5,7,10H,3,6,8,14H2,1-2H3,(H,16,17). The molecule has 0 aromatic carbocycles. The van der Waals surface area contributed by atoms with Crippen LogP contribution in [0.2, 0.25) is 0 Å². The van der Waals surface area contributed by atoms with Gasteiger partial charge in [-0.1, -0.05) is 0 Å². The monoisotopic (exact) mass is 281 g/mol. The Morgan fingerprint density at radius 3 is 2.85 bits per heavy atom. The molecule has 0 radical (unpaired) electrons. The summed E-state index contributed by atoms with van der Waals surface area (Å²) >= 11 is 0. The van der Waals surface area contributed by atoms with Crippen LogP contribution in [-0.2, 0) is 20.7 Å². The lowest BCUT2D eigenvalue weighted by molar-refractivity contribution is -0.147. The summed E-state index contributed by atoms with van der Waals surface area (Å²) in [5.41, 5.74) is 6.04. The second-order valence-electron chi connectivity index (χ2n) is 3.99. The number of nitrogens with zero attached hydrogens (tertiary/aromatic N) is 1. The molecule has 1 aromatic heterocycles. The maximum atomic E-state index is 11.8. The molecule has 0 bridgehead atoms. The van der Waals surface area contributed by atoms with Gasteiger partial charge < -0.3 is 20.5 Å². The van der Waals surface area contributed by atoms with Crippen molar-refractivity contribution in [2.45, 2.75) is 19.4 Å². The lowest BCUT2D eigenvalue weighted by Gasteiger charge is -2.17. The van der Waals surface area contributed by atoms with Gasteiger partial charge in [0.1, 0.15) is 6.04 Å². The van der Waals surface area contributed by atoms with Crippen LogP contribution in [0.15, 0.2) is 18.3 Å². The van der Waals surface area contributed by atoms with Gasteiger partial charge in [-0.25, -0.2) is 9.78 Å². The zero-order chi connectivity index (χ0) is 15.0. The van der Waals surface area contributed by atoms with E-state index in [9.17, 15) is 9.59 Å². The molecule has 1 atom stereocenters. The molecule has 0 fully saturated rings. The lowest BCUT2D eigenvalue weighted by Crippen LogP contribution is -2.45. The summed E-state index contributed by atoms with van der Waals surface area (Å²) in [6.07, 6.45) is 1.85. The molecule has 1 amide bonds. The zero-order valence-electron chi connectivity index (χ0n) is 11.6. The average Bonchev–Trinajstić information content (AvgIpc) is 2.46. The van der Waals surface area contributed by atoms with Gasteiger partial charge >= 0.3 is 5.97 Å². The quantitative estimate of drug-likeness (QED) is 0.661. The van der Waals surface area contributed by atoms with Crippen LogP contribution < -0.4 is 15.8 Å². The number of carbonyl (C=O) groups is 2. The molecule has 0 saturated heterocycles. The molecule has 0 aliphatic heterocycles. The maximum absolute atomic E-state index is 11.8. The van der Waals surface area contributed by atoms with Crippen molar-refractivity contribution < 1.29 is 19.1 Å². The van der Waals surface area contributed by atoms with Crippen LogP contribution in [0.4, 0.5) is 0 Å². The average molecular weight is 281 g/mol. The summed E-state index contributed by atoms with van der Waals surface area (Å²) in [4.78, 5) is 27.2. The summed E-state index contributed by atoms with van der Waals surface area (Å²) < 4.78 is 9.95. The summed E-state index contributed by atoms with van der Waals surface area (Å²) in [6, 6.07) is 2.66. The van der Waals surface area contributed by atoms with E-state index < -0.39 is 17.9 Å². The molecule has 0 saturated carbocycles. The molecule has 1 aromatic rings. The number of nitrogens with two attached hydrogens (primary N) is 1. The SMILES string of the molecule is CCOC(=O)C(Cc1ccnc(OC)c1)NC(=O)CN. The first-order chi connectivity index (χ1) is 9.60. The second-order valence-corrected chi connectivity index (χ2v) is 3.99. The fourth-order valence-electron chi connectivity index (χ4n) is 1.61. The van der Waals surface area contributed by atoms with Gasteiger partial charge in [-0.05, 0) is 18.6 Å². The Labute approximate surface area is 117 Å². The highest BCUT2D eigenvalue weighted by Gasteiger charge is 2.22. The van der Waals surface area contributed by atoms with E-state index in [0.717, 1.165) is 5.56 Å². The topological polar surface area (TPSA) is 104 Å². The normalized spacial score (nSPS) is 11.6. The number of nitrogens with one attached hydrogen (secondary N) is 1. The fourth-order valence-corrected chi connectivity index (χ4v) is 1.61. The highest BCUT2D eigenvalue weighted by molar-refractivity contribution is 5.85. The Kier molecular flexibility index (Phi) is 6.45. The van der Waals surface area contributed by atoms with Crippen molar-refractivity contribution in [3.05, 3.63) is 23.9 Å². The number of methoxy groups -OCH3 is 1. The molecule has 0 spiro atoms. The van der Waals surface area contributed by atoms with Crippen molar-refractivity contribution in [1.29, 1.82) is 0 Å². The summed E-state index contributed by atoms with van der Waals surface area (Å²) in [6.45, 7) is 1.76. The molecule has 0 aliphatic carbocycles. The second kappa shape index (κ2) is 8.11. The first kappa shape index (κ1) is 15.9. The van der Waals surface area contributed by atoms with E-state index in [-0.39, 0.29) is 19.6 Å². The van der Waals surface area contributed by atoms with Gasteiger partial charge in [0.25, 0.3) is 0 Å². The number of hydrogen-bond acceptors (Lipinski definition) is 6. The smallest absolute Gasteiger partial charge is 0.328 e. The highest BCUT2D eigenvalue weighted by atomic mass is 16.5. The number of aromatic nitrogens is 1. The van der Waals surface area contributed by atoms with E-state index in [1.165, 1.54) is 7.11 Å². The van der Waals surface area contributed by atoms with Gasteiger partial charge in [0.15, 0.2) is 0 Å². The third kappa shape index (κ3) is 4.85. The Morgan fingerprint density at radius 1 is 1.50 bits per heavy atom. The highest BCUT2D eigenvalue weighted by Crippen LogP contribution is 2.11. The molecule has 20 heavy (non-hydrogen) atoms. The Morgan fingerprint density at radius 2 is 2.25 bits per heavy atom. The van der Waals surface area contributed by atoms with E-state index in [1.807, 2.05) is 0 Å². The number of hydrogen-bond donors (Lipinski definition) is 2. The van der Waals surface area contributed by atoms with E-state index in [1.54, 1.807) is 25.3 Å². The maximum Gasteiger partial charge on any atom is 0.328 e. The lowest BCUT2D eigenvalue weighted by atomic mass is 10.1. The van der Waals surface area contributed by atoms with E-state index >= 15 is 0 Å². The van der Waals surface area contributed by atoms with Crippen molar-refractivity contribution in [2.75, 3.05) is 20.3 Å². The molecule has 7 heteroatoms. The minimum atomic E-state index is -0.780. The molecule has 1 heterocycles. The number of carbonyl (C=O) groups excluding carboxylic acids is 2. The third-order valence-corrected chi connectivity index (χ3v) is 2.54. The Hall–Kier alpha value is -2.15. The minimum absolute atomic E-state index is 0.185. The van der Waals surface area contributed by atoms with Crippen molar-refractivity contribution in [1.82, 2.24) is 10.3 Å². The number of amides is 1. The van der Waals surface area contributed by atoms with Crippen LogP contribution in [-0.4, -0.2) is 43.2 Å². The van der Waals surface area contributed by atoms with Gasteiger partial charge in [-0.2, -0.15) is 0 Å².